The maximum Gasteiger partial charge on any atom is 0.191 e. The quantitative estimate of drug-likeness (QED) is 0.548. The molecule has 1 aromatic heterocycles. The summed E-state index contributed by atoms with van der Waals surface area (Å²) in [5.74, 6) is 0.843. The second kappa shape index (κ2) is 9.92. The van der Waals surface area contributed by atoms with Crippen LogP contribution >= 0.6 is 11.6 Å². The van der Waals surface area contributed by atoms with Crippen molar-refractivity contribution in [1.82, 2.24) is 20.4 Å². The number of aliphatic imine (C=N–C) groups is 1. The number of halogens is 1. The van der Waals surface area contributed by atoms with Crippen LogP contribution in [0.5, 0.6) is 0 Å². The van der Waals surface area contributed by atoms with Crippen molar-refractivity contribution in [2.45, 2.75) is 37.1 Å². The molecule has 0 radical (unpaired) electrons. The highest BCUT2D eigenvalue weighted by Crippen LogP contribution is 2.38. The Kier molecular flexibility index (Phi) is 7.02. The van der Waals surface area contributed by atoms with E-state index in [9.17, 15) is 0 Å². The number of nitrogens with zero attached hydrogens (tertiary/aromatic N) is 4. The van der Waals surface area contributed by atoms with Crippen LogP contribution in [0.25, 0.3) is 0 Å². The molecule has 4 rings (SSSR count). The van der Waals surface area contributed by atoms with Gasteiger partial charge in [-0.2, -0.15) is 5.10 Å². The van der Waals surface area contributed by atoms with E-state index in [1.165, 1.54) is 11.3 Å². The monoisotopic (exact) mass is 444 g/mol. The lowest BCUT2D eigenvalue weighted by molar-refractivity contribution is 0.0514. The minimum absolute atomic E-state index is 0.0531. The van der Waals surface area contributed by atoms with Gasteiger partial charge in [-0.05, 0) is 37.3 Å². The van der Waals surface area contributed by atoms with E-state index in [0.717, 1.165) is 69.5 Å². The lowest BCUT2D eigenvalue weighted by Gasteiger charge is -2.39. The van der Waals surface area contributed by atoms with Gasteiger partial charge in [0.2, 0.25) is 0 Å². The van der Waals surface area contributed by atoms with E-state index in [0.29, 0.717) is 6.04 Å². The molecule has 3 heterocycles. The van der Waals surface area contributed by atoms with Gasteiger partial charge in [0.05, 0.1) is 11.9 Å². The standard InChI is InChI=1S/C23H33ClN6O/c1-25-22(28-18-6-5-11-30(15-18)19-14-27-29(2)16-19)26-17-23(9-12-31-13-10-23)20-7-3-4-8-21(20)24/h3-4,7-8,14,16,18H,5-6,9-13,15,17H2,1-2H3,(H2,25,26,28). The maximum atomic E-state index is 6.60. The zero-order chi connectivity index (χ0) is 21.7. The molecule has 0 aliphatic carbocycles. The number of piperidine rings is 1. The number of aromatic nitrogens is 2. The van der Waals surface area contributed by atoms with Gasteiger partial charge in [-0.3, -0.25) is 9.67 Å². The van der Waals surface area contributed by atoms with Crippen molar-refractivity contribution in [2.75, 3.05) is 44.8 Å². The lowest BCUT2D eigenvalue weighted by atomic mass is 9.74. The molecular formula is C23H33ClN6O. The van der Waals surface area contributed by atoms with E-state index < -0.39 is 0 Å². The molecule has 0 spiro atoms. The molecule has 8 heteroatoms. The number of anilines is 1. The lowest BCUT2D eigenvalue weighted by Crippen LogP contribution is -2.54. The second-order valence-corrected chi connectivity index (χ2v) is 9.01. The van der Waals surface area contributed by atoms with Gasteiger partial charge >= 0.3 is 0 Å². The van der Waals surface area contributed by atoms with Gasteiger partial charge in [0, 0.05) is 69.6 Å². The summed E-state index contributed by atoms with van der Waals surface area (Å²) in [6, 6.07) is 8.53. The number of nitrogens with one attached hydrogen (secondary N) is 2. The number of ether oxygens (including phenoxy) is 1. The van der Waals surface area contributed by atoms with Crippen molar-refractivity contribution in [3.05, 3.63) is 47.2 Å². The molecular weight excluding hydrogens is 412 g/mol. The topological polar surface area (TPSA) is 66.7 Å². The first kappa shape index (κ1) is 22.0. The van der Waals surface area contributed by atoms with Gasteiger partial charge in [0.25, 0.3) is 0 Å². The van der Waals surface area contributed by atoms with E-state index >= 15 is 0 Å². The Morgan fingerprint density at radius 2 is 2.13 bits per heavy atom. The summed E-state index contributed by atoms with van der Waals surface area (Å²) in [5.41, 5.74) is 2.32. The fourth-order valence-electron chi connectivity index (χ4n) is 4.74. The first-order valence-electron chi connectivity index (χ1n) is 11.1. The molecule has 168 valence electrons. The molecule has 31 heavy (non-hydrogen) atoms. The number of aryl methyl sites for hydroxylation is 1. The minimum atomic E-state index is -0.0531. The normalized spacial score (nSPS) is 21.7. The van der Waals surface area contributed by atoms with Gasteiger partial charge in [-0.15, -0.1) is 0 Å². The molecule has 7 nitrogen and oxygen atoms in total. The Balaban J connectivity index is 1.40. The summed E-state index contributed by atoms with van der Waals surface area (Å²) in [6.45, 7) is 4.28. The third-order valence-electron chi connectivity index (χ3n) is 6.53. The maximum absolute atomic E-state index is 6.60. The van der Waals surface area contributed by atoms with Gasteiger partial charge < -0.3 is 20.3 Å². The van der Waals surface area contributed by atoms with Crippen LogP contribution in [0.4, 0.5) is 5.69 Å². The van der Waals surface area contributed by atoms with E-state index in [4.69, 9.17) is 16.3 Å². The summed E-state index contributed by atoms with van der Waals surface area (Å²) in [7, 11) is 3.79. The molecule has 1 aromatic carbocycles. The molecule has 2 aliphatic rings. The van der Waals surface area contributed by atoms with Crippen molar-refractivity contribution in [1.29, 1.82) is 0 Å². The predicted octanol–water partition coefficient (Wildman–Crippen LogP) is 2.96. The van der Waals surface area contributed by atoms with Crippen LogP contribution in [0, 0.1) is 0 Å². The molecule has 2 N–H and O–H groups in total. The van der Waals surface area contributed by atoms with Crippen LogP contribution in [0.2, 0.25) is 5.02 Å². The summed E-state index contributed by atoms with van der Waals surface area (Å²) < 4.78 is 7.52. The molecule has 2 aliphatic heterocycles. The van der Waals surface area contributed by atoms with Crippen molar-refractivity contribution in [3.63, 3.8) is 0 Å². The van der Waals surface area contributed by atoms with Crippen LogP contribution in [0.3, 0.4) is 0 Å². The SMILES string of the molecule is CN=C(NCC1(c2ccccc2Cl)CCOCC1)NC1CCCN(c2cnn(C)c2)C1. The van der Waals surface area contributed by atoms with E-state index in [-0.39, 0.29) is 5.41 Å². The first-order chi connectivity index (χ1) is 15.1. The third-order valence-corrected chi connectivity index (χ3v) is 6.86. The Bertz CT molecular complexity index is 892. The highest BCUT2D eigenvalue weighted by atomic mass is 35.5. The minimum Gasteiger partial charge on any atom is -0.381 e. The van der Waals surface area contributed by atoms with Crippen LogP contribution in [0.15, 0.2) is 41.7 Å². The average molecular weight is 445 g/mol. The van der Waals surface area contributed by atoms with Gasteiger partial charge in [0.15, 0.2) is 5.96 Å². The van der Waals surface area contributed by atoms with Crippen LogP contribution in [0.1, 0.15) is 31.2 Å². The number of guanidine groups is 1. The Morgan fingerprint density at radius 1 is 1.32 bits per heavy atom. The Labute approximate surface area is 189 Å². The molecule has 1 unspecified atom stereocenters. The molecule has 1 atom stereocenters. The molecule has 0 bridgehead atoms. The molecule has 2 saturated heterocycles. The van der Waals surface area contributed by atoms with Crippen molar-refractivity contribution >= 4 is 23.2 Å². The summed E-state index contributed by atoms with van der Waals surface area (Å²) in [6.07, 6.45) is 8.17. The highest BCUT2D eigenvalue weighted by molar-refractivity contribution is 6.31. The summed E-state index contributed by atoms with van der Waals surface area (Å²) in [4.78, 5) is 6.90. The zero-order valence-corrected chi connectivity index (χ0v) is 19.2. The van der Waals surface area contributed by atoms with Crippen molar-refractivity contribution in [2.24, 2.45) is 12.0 Å². The summed E-state index contributed by atoms with van der Waals surface area (Å²) >= 11 is 6.60. The molecule has 2 fully saturated rings. The first-order valence-corrected chi connectivity index (χ1v) is 11.5. The fourth-order valence-corrected chi connectivity index (χ4v) is 5.07. The third kappa shape index (κ3) is 5.15. The van der Waals surface area contributed by atoms with Crippen LogP contribution < -0.4 is 15.5 Å². The van der Waals surface area contributed by atoms with E-state index in [1.807, 2.05) is 37.1 Å². The van der Waals surface area contributed by atoms with E-state index in [1.54, 1.807) is 0 Å². The average Bonchev–Trinajstić information content (AvgIpc) is 3.24. The smallest absolute Gasteiger partial charge is 0.191 e. The van der Waals surface area contributed by atoms with Crippen molar-refractivity contribution < 1.29 is 4.74 Å². The number of hydrogen-bond donors (Lipinski definition) is 2. The molecule has 0 amide bonds. The Morgan fingerprint density at radius 3 is 2.84 bits per heavy atom. The van der Waals surface area contributed by atoms with Gasteiger partial charge in [-0.1, -0.05) is 29.8 Å². The largest absolute Gasteiger partial charge is 0.381 e. The fraction of sp³-hybridized carbons (Fsp3) is 0.565. The second-order valence-electron chi connectivity index (χ2n) is 8.60. The molecule has 2 aromatic rings. The number of hydrogen-bond acceptors (Lipinski definition) is 4. The van der Waals surface area contributed by atoms with Crippen molar-refractivity contribution in [3.8, 4) is 0 Å². The number of rotatable bonds is 5. The van der Waals surface area contributed by atoms with Gasteiger partial charge in [0.1, 0.15) is 0 Å². The van der Waals surface area contributed by atoms with Gasteiger partial charge in [-0.25, -0.2) is 0 Å². The zero-order valence-electron chi connectivity index (χ0n) is 18.5. The molecule has 0 saturated carbocycles. The predicted molar refractivity (Wildman–Crippen MR) is 126 cm³/mol. The summed E-state index contributed by atoms with van der Waals surface area (Å²) in [5, 5.41) is 12.4. The van der Waals surface area contributed by atoms with Crippen LogP contribution in [-0.4, -0.2) is 61.7 Å². The van der Waals surface area contributed by atoms with Crippen LogP contribution in [-0.2, 0) is 17.2 Å². The Hall–Kier alpha value is -2.25. The highest BCUT2D eigenvalue weighted by Gasteiger charge is 2.36. The van der Waals surface area contributed by atoms with E-state index in [2.05, 4.69) is 44.0 Å². The number of benzene rings is 1.